The molecule has 116 valence electrons. The van der Waals surface area contributed by atoms with Crippen molar-refractivity contribution in [1.29, 1.82) is 0 Å². The molecule has 3 heteroatoms. The van der Waals surface area contributed by atoms with Gasteiger partial charge in [0.15, 0.2) is 6.17 Å². The van der Waals surface area contributed by atoms with Gasteiger partial charge in [0, 0.05) is 16.6 Å². The highest BCUT2D eigenvalue weighted by molar-refractivity contribution is 9.11. The fourth-order valence-electron chi connectivity index (χ4n) is 1.79. The lowest BCUT2D eigenvalue weighted by molar-refractivity contribution is 0.330. The SMILES string of the molecule is C#C/C(=C\C(F)/C(Br)=C\C)C(C)N(/C=C\C)CCC(=C)C. The van der Waals surface area contributed by atoms with E-state index in [1.807, 2.05) is 33.0 Å². The molecule has 2 atom stereocenters. The first kappa shape index (κ1) is 19.7. The minimum absolute atomic E-state index is 0.0547. The monoisotopic (exact) mass is 353 g/mol. The first-order valence-corrected chi connectivity index (χ1v) is 7.83. The lowest BCUT2D eigenvalue weighted by Crippen LogP contribution is -2.31. The second-order valence-corrected chi connectivity index (χ2v) is 5.86. The Kier molecular flexibility index (Phi) is 9.82. The number of nitrogens with zero attached hydrogens (tertiary/aromatic N) is 1. The van der Waals surface area contributed by atoms with Crippen LogP contribution in [0, 0.1) is 12.3 Å². The van der Waals surface area contributed by atoms with Crippen LogP contribution in [0.25, 0.3) is 0 Å². The molecule has 0 saturated carbocycles. The van der Waals surface area contributed by atoms with E-state index in [9.17, 15) is 4.39 Å². The van der Waals surface area contributed by atoms with E-state index in [0.29, 0.717) is 10.1 Å². The average molecular weight is 354 g/mol. The summed E-state index contributed by atoms with van der Waals surface area (Å²) in [6, 6.07) is -0.0547. The molecule has 0 aliphatic heterocycles. The van der Waals surface area contributed by atoms with E-state index in [4.69, 9.17) is 6.42 Å². The van der Waals surface area contributed by atoms with Crippen LogP contribution >= 0.6 is 15.9 Å². The Balaban J connectivity index is 5.18. The van der Waals surface area contributed by atoms with Gasteiger partial charge in [-0.25, -0.2) is 4.39 Å². The minimum Gasteiger partial charge on any atom is -0.370 e. The smallest absolute Gasteiger partial charge is 0.151 e. The number of halogens is 2. The van der Waals surface area contributed by atoms with Gasteiger partial charge in [-0.05, 0) is 46.4 Å². The molecule has 0 aromatic heterocycles. The van der Waals surface area contributed by atoms with Crippen molar-refractivity contribution in [2.75, 3.05) is 6.54 Å². The number of hydrogen-bond acceptors (Lipinski definition) is 1. The Morgan fingerprint density at radius 3 is 2.52 bits per heavy atom. The second-order valence-electron chi connectivity index (χ2n) is 4.94. The zero-order chi connectivity index (χ0) is 16.4. The van der Waals surface area contributed by atoms with Crippen molar-refractivity contribution < 1.29 is 4.39 Å². The Morgan fingerprint density at radius 2 is 2.10 bits per heavy atom. The maximum absolute atomic E-state index is 14.0. The van der Waals surface area contributed by atoms with E-state index in [1.54, 1.807) is 13.0 Å². The van der Waals surface area contributed by atoms with Gasteiger partial charge in [-0.2, -0.15) is 0 Å². The zero-order valence-electron chi connectivity index (χ0n) is 13.4. The second kappa shape index (κ2) is 10.5. The molecule has 1 nitrogen and oxygen atoms in total. The predicted octanol–water partition coefficient (Wildman–Crippen LogP) is 5.37. The summed E-state index contributed by atoms with van der Waals surface area (Å²) in [5.41, 5.74) is 1.75. The van der Waals surface area contributed by atoms with Crippen molar-refractivity contribution >= 4 is 15.9 Å². The summed E-state index contributed by atoms with van der Waals surface area (Å²) in [6.45, 7) is 12.4. The zero-order valence-corrected chi connectivity index (χ0v) is 15.0. The summed E-state index contributed by atoms with van der Waals surface area (Å²) in [5.74, 6) is 2.61. The van der Waals surface area contributed by atoms with Crippen molar-refractivity contribution in [1.82, 2.24) is 4.90 Å². The molecule has 21 heavy (non-hydrogen) atoms. The van der Waals surface area contributed by atoms with Gasteiger partial charge in [0.2, 0.25) is 0 Å². The third kappa shape index (κ3) is 7.34. The molecule has 0 radical (unpaired) electrons. The normalized spacial score (nSPS) is 15.7. The topological polar surface area (TPSA) is 3.24 Å². The van der Waals surface area contributed by atoms with Crippen molar-refractivity contribution in [3.8, 4) is 12.3 Å². The lowest BCUT2D eigenvalue weighted by Gasteiger charge is -2.28. The summed E-state index contributed by atoms with van der Waals surface area (Å²) in [4.78, 5) is 2.11. The number of terminal acetylenes is 1. The van der Waals surface area contributed by atoms with Crippen molar-refractivity contribution in [3.05, 3.63) is 46.6 Å². The fraction of sp³-hybridized carbons (Fsp3) is 0.444. The molecule has 0 bridgehead atoms. The number of hydrogen-bond donors (Lipinski definition) is 0. The molecule has 0 aliphatic rings. The van der Waals surface area contributed by atoms with Gasteiger partial charge in [-0.3, -0.25) is 0 Å². The van der Waals surface area contributed by atoms with Crippen LogP contribution in [0.1, 0.15) is 34.1 Å². The molecule has 0 amide bonds. The molecule has 0 aromatic rings. The fourth-order valence-corrected chi connectivity index (χ4v) is 1.92. The van der Waals surface area contributed by atoms with Crippen LogP contribution < -0.4 is 0 Å². The summed E-state index contributed by atoms with van der Waals surface area (Å²) in [7, 11) is 0. The highest BCUT2D eigenvalue weighted by atomic mass is 79.9. The van der Waals surface area contributed by atoms with Crippen LogP contribution in [-0.4, -0.2) is 23.7 Å². The third-order valence-electron chi connectivity index (χ3n) is 3.12. The first-order valence-electron chi connectivity index (χ1n) is 7.04. The van der Waals surface area contributed by atoms with Crippen LogP contribution in [0.15, 0.2) is 46.6 Å². The first-order chi connectivity index (χ1) is 9.87. The van der Waals surface area contributed by atoms with Crippen LogP contribution in [0.3, 0.4) is 0 Å². The molecule has 0 saturated heterocycles. The van der Waals surface area contributed by atoms with Gasteiger partial charge in [-0.15, -0.1) is 13.0 Å². The van der Waals surface area contributed by atoms with E-state index in [2.05, 4.69) is 33.3 Å². The predicted molar refractivity (Wildman–Crippen MR) is 94.9 cm³/mol. The maximum Gasteiger partial charge on any atom is 0.151 e. The Hall–Kier alpha value is -1.27. The van der Waals surface area contributed by atoms with Crippen molar-refractivity contribution in [2.24, 2.45) is 0 Å². The Labute approximate surface area is 137 Å². The molecular weight excluding hydrogens is 329 g/mol. The van der Waals surface area contributed by atoms with E-state index in [0.717, 1.165) is 18.5 Å². The molecule has 0 aliphatic carbocycles. The van der Waals surface area contributed by atoms with Gasteiger partial charge in [0.25, 0.3) is 0 Å². The average Bonchev–Trinajstić information content (AvgIpc) is 2.46. The minimum atomic E-state index is -1.21. The Bertz CT molecular complexity index is 468. The molecule has 0 heterocycles. The van der Waals surface area contributed by atoms with Gasteiger partial charge >= 0.3 is 0 Å². The van der Waals surface area contributed by atoms with Gasteiger partial charge in [0.1, 0.15) is 0 Å². The number of rotatable bonds is 8. The molecule has 0 spiro atoms. The van der Waals surface area contributed by atoms with Gasteiger partial charge in [0.05, 0.1) is 6.04 Å². The molecule has 0 aromatic carbocycles. The largest absolute Gasteiger partial charge is 0.370 e. The van der Waals surface area contributed by atoms with Crippen molar-refractivity contribution in [2.45, 2.75) is 46.3 Å². The van der Waals surface area contributed by atoms with Crippen LogP contribution in [0.2, 0.25) is 0 Å². The molecule has 2 unspecified atom stereocenters. The highest BCUT2D eigenvalue weighted by Crippen LogP contribution is 2.20. The molecule has 0 rings (SSSR count). The van der Waals surface area contributed by atoms with Crippen LogP contribution in [0.5, 0.6) is 0 Å². The van der Waals surface area contributed by atoms with Gasteiger partial charge in [-0.1, -0.05) is 39.6 Å². The molecular formula is C18H25BrFN. The van der Waals surface area contributed by atoms with Gasteiger partial charge < -0.3 is 4.90 Å². The molecule has 0 fully saturated rings. The molecule has 0 N–H and O–H groups in total. The van der Waals surface area contributed by atoms with Crippen molar-refractivity contribution in [3.63, 3.8) is 0 Å². The number of alkyl halides is 1. The standard InChI is InChI=1S/C18H25BrFN/c1-7-11-21(12-10-14(4)5)15(6)16(8-2)13-18(20)17(19)9-3/h2,7,9,11,13,15,18H,4,10,12H2,1,3,5-6H3/b11-7-,16-13+,17-9+. The van der Waals surface area contributed by atoms with E-state index >= 15 is 0 Å². The Morgan fingerprint density at radius 1 is 1.48 bits per heavy atom. The maximum atomic E-state index is 14.0. The third-order valence-corrected chi connectivity index (χ3v) is 4.01. The van der Waals surface area contributed by atoms with E-state index < -0.39 is 6.17 Å². The van der Waals surface area contributed by atoms with Crippen LogP contribution in [-0.2, 0) is 0 Å². The summed E-state index contributed by atoms with van der Waals surface area (Å²) >= 11 is 3.20. The van der Waals surface area contributed by atoms with E-state index in [-0.39, 0.29) is 6.04 Å². The summed E-state index contributed by atoms with van der Waals surface area (Å²) < 4.78 is 14.5. The summed E-state index contributed by atoms with van der Waals surface area (Å²) in [6.07, 6.45) is 12.3. The lowest BCUT2D eigenvalue weighted by atomic mass is 10.1. The number of allylic oxidation sites excluding steroid dienone is 4. The van der Waals surface area contributed by atoms with Crippen LogP contribution in [0.4, 0.5) is 4.39 Å². The summed E-state index contributed by atoms with van der Waals surface area (Å²) in [5, 5.41) is 0. The van der Waals surface area contributed by atoms with E-state index in [1.165, 1.54) is 6.08 Å². The highest BCUT2D eigenvalue weighted by Gasteiger charge is 2.16. The quantitative estimate of drug-likeness (QED) is 0.418.